The van der Waals surface area contributed by atoms with E-state index in [1.807, 2.05) is 24.7 Å². The minimum Gasteiger partial charge on any atom is -0.481 e. The Kier molecular flexibility index (Phi) is 5.36. The van der Waals surface area contributed by atoms with Crippen LogP contribution < -0.4 is 4.74 Å². The number of rotatable bonds is 5. The molecular formula is C24H26N6O. The first-order valence-corrected chi connectivity index (χ1v) is 10.5. The van der Waals surface area contributed by atoms with Crippen LogP contribution in [0.1, 0.15) is 17.3 Å². The predicted molar refractivity (Wildman–Crippen MR) is 120 cm³/mol. The normalized spacial score (nSPS) is 17.8. The lowest BCUT2D eigenvalue weighted by Crippen LogP contribution is -2.46. The van der Waals surface area contributed by atoms with E-state index in [2.05, 4.69) is 61.7 Å². The highest BCUT2D eigenvalue weighted by Gasteiger charge is 2.29. The summed E-state index contributed by atoms with van der Waals surface area (Å²) in [6, 6.07) is 12.6. The minimum absolute atomic E-state index is 0.227. The molecule has 31 heavy (non-hydrogen) atoms. The molecular weight excluding hydrogens is 388 g/mol. The van der Waals surface area contributed by atoms with Gasteiger partial charge in [-0.25, -0.2) is 9.97 Å². The molecule has 0 radical (unpaired) electrons. The Morgan fingerprint density at radius 3 is 2.77 bits per heavy atom. The summed E-state index contributed by atoms with van der Waals surface area (Å²) in [5, 5.41) is 0. The minimum atomic E-state index is 0.227. The third-order valence-electron chi connectivity index (χ3n) is 6.04. The molecule has 5 rings (SSSR count). The van der Waals surface area contributed by atoms with Gasteiger partial charge >= 0.3 is 0 Å². The number of ether oxygens (including phenoxy) is 1. The smallest absolute Gasteiger partial charge is 0.217 e. The molecule has 7 nitrogen and oxygen atoms in total. The number of methoxy groups -OCH3 is 1. The molecule has 1 aliphatic heterocycles. The third-order valence-corrected chi connectivity index (χ3v) is 6.04. The summed E-state index contributed by atoms with van der Waals surface area (Å²) in [4.78, 5) is 18.3. The first kappa shape index (κ1) is 19.7. The van der Waals surface area contributed by atoms with E-state index in [9.17, 15) is 0 Å². The Labute approximate surface area is 182 Å². The summed E-state index contributed by atoms with van der Waals surface area (Å²) in [5.41, 5.74) is 5.61. The van der Waals surface area contributed by atoms with Crippen LogP contribution in [0.15, 0.2) is 67.5 Å². The Balaban J connectivity index is 1.40. The number of hydrogen-bond acceptors (Lipinski definition) is 6. The van der Waals surface area contributed by atoms with Crippen molar-refractivity contribution in [2.75, 3.05) is 33.8 Å². The summed E-state index contributed by atoms with van der Waals surface area (Å²) in [7, 11) is 3.86. The molecule has 0 saturated carbocycles. The van der Waals surface area contributed by atoms with Crippen LogP contribution in [0, 0.1) is 0 Å². The lowest BCUT2D eigenvalue weighted by Gasteiger charge is -2.39. The second-order valence-corrected chi connectivity index (χ2v) is 7.99. The van der Waals surface area contributed by atoms with Crippen molar-refractivity contribution in [1.82, 2.24) is 29.2 Å². The quantitative estimate of drug-likeness (QED) is 0.500. The monoisotopic (exact) mass is 414 g/mol. The topological polar surface area (TPSA) is 58.8 Å². The summed E-state index contributed by atoms with van der Waals surface area (Å²) in [5.74, 6) is 0.702. The zero-order valence-electron chi connectivity index (χ0n) is 17.8. The SMILES string of the molecule is COc1ncccc1CN1CCN(C)[C@H](c2ncn3cc(-c4cccnc4)ccc23)C1. The van der Waals surface area contributed by atoms with E-state index in [1.54, 1.807) is 19.5 Å². The van der Waals surface area contributed by atoms with Crippen molar-refractivity contribution in [1.29, 1.82) is 0 Å². The maximum absolute atomic E-state index is 5.44. The highest BCUT2D eigenvalue weighted by Crippen LogP contribution is 2.29. The van der Waals surface area contributed by atoms with E-state index < -0.39 is 0 Å². The number of nitrogens with zero attached hydrogens (tertiary/aromatic N) is 6. The zero-order valence-corrected chi connectivity index (χ0v) is 17.8. The molecule has 1 atom stereocenters. The van der Waals surface area contributed by atoms with Crippen molar-refractivity contribution in [2.24, 2.45) is 0 Å². The van der Waals surface area contributed by atoms with Gasteiger partial charge < -0.3 is 9.14 Å². The van der Waals surface area contributed by atoms with Gasteiger partial charge in [0.05, 0.1) is 30.7 Å². The second kappa shape index (κ2) is 8.45. The molecule has 0 amide bonds. The van der Waals surface area contributed by atoms with Crippen LogP contribution in [-0.2, 0) is 6.54 Å². The van der Waals surface area contributed by atoms with Crippen molar-refractivity contribution in [3.05, 3.63) is 78.8 Å². The van der Waals surface area contributed by atoms with Crippen LogP contribution in [0.3, 0.4) is 0 Å². The molecule has 1 saturated heterocycles. The largest absolute Gasteiger partial charge is 0.481 e. The Morgan fingerprint density at radius 2 is 1.94 bits per heavy atom. The van der Waals surface area contributed by atoms with Gasteiger partial charge in [-0.05, 0) is 30.8 Å². The summed E-state index contributed by atoms with van der Waals surface area (Å²) in [6.07, 6.45) is 9.50. The molecule has 1 fully saturated rings. The van der Waals surface area contributed by atoms with E-state index >= 15 is 0 Å². The van der Waals surface area contributed by atoms with E-state index in [-0.39, 0.29) is 6.04 Å². The fourth-order valence-corrected chi connectivity index (χ4v) is 4.32. The maximum Gasteiger partial charge on any atom is 0.217 e. The van der Waals surface area contributed by atoms with E-state index in [4.69, 9.17) is 9.72 Å². The molecule has 4 aromatic heterocycles. The molecule has 0 bridgehead atoms. The molecule has 0 spiro atoms. The van der Waals surface area contributed by atoms with Crippen molar-refractivity contribution in [3.8, 4) is 17.0 Å². The molecule has 4 aromatic rings. The third kappa shape index (κ3) is 3.89. The van der Waals surface area contributed by atoms with Gasteiger partial charge in [-0.1, -0.05) is 18.2 Å². The maximum atomic E-state index is 5.44. The molecule has 0 unspecified atom stereocenters. The number of piperazine rings is 1. The van der Waals surface area contributed by atoms with Gasteiger partial charge in [0.15, 0.2) is 0 Å². The zero-order chi connectivity index (χ0) is 21.2. The lowest BCUT2D eigenvalue weighted by atomic mass is 10.1. The van der Waals surface area contributed by atoms with Crippen LogP contribution in [0.25, 0.3) is 16.6 Å². The van der Waals surface area contributed by atoms with Crippen LogP contribution in [0.5, 0.6) is 5.88 Å². The Hall–Kier alpha value is -3.29. The fourth-order valence-electron chi connectivity index (χ4n) is 4.32. The van der Waals surface area contributed by atoms with Gasteiger partial charge in [0.1, 0.15) is 0 Å². The number of likely N-dealkylation sites (N-methyl/N-ethyl adjacent to an activating group) is 1. The summed E-state index contributed by atoms with van der Waals surface area (Å²) in [6.45, 7) is 3.71. The van der Waals surface area contributed by atoms with Gasteiger partial charge in [-0.3, -0.25) is 14.8 Å². The van der Waals surface area contributed by atoms with Gasteiger partial charge in [0, 0.05) is 62.1 Å². The predicted octanol–water partition coefficient (Wildman–Crippen LogP) is 3.29. The highest BCUT2D eigenvalue weighted by molar-refractivity contribution is 5.66. The number of aromatic nitrogens is 4. The second-order valence-electron chi connectivity index (χ2n) is 7.99. The van der Waals surface area contributed by atoms with E-state index in [0.29, 0.717) is 5.88 Å². The molecule has 5 heterocycles. The first-order chi connectivity index (χ1) is 15.2. The van der Waals surface area contributed by atoms with Gasteiger partial charge in [0.25, 0.3) is 0 Å². The number of imidazole rings is 1. The lowest BCUT2D eigenvalue weighted by molar-refractivity contribution is 0.0885. The number of fused-ring (bicyclic) bond motifs is 1. The van der Waals surface area contributed by atoms with E-state index in [0.717, 1.165) is 54.1 Å². The van der Waals surface area contributed by atoms with Crippen LogP contribution in [0.2, 0.25) is 0 Å². The Bertz CT molecular complexity index is 1180. The summed E-state index contributed by atoms with van der Waals surface area (Å²) < 4.78 is 7.56. The van der Waals surface area contributed by atoms with Crippen molar-refractivity contribution < 1.29 is 4.74 Å². The van der Waals surface area contributed by atoms with Crippen molar-refractivity contribution in [3.63, 3.8) is 0 Å². The average Bonchev–Trinajstić information content (AvgIpc) is 3.24. The standard InChI is InChI=1S/C24H26N6O/c1-28-11-12-29(14-20-6-4-10-26-24(20)31-2)16-22(28)23-21-8-7-19(15-30(21)17-27-23)18-5-3-9-25-13-18/h3-10,13,15,17,22H,11-12,14,16H2,1-2H3/t22-/m0/s1. The van der Waals surface area contributed by atoms with Gasteiger partial charge in [-0.15, -0.1) is 0 Å². The first-order valence-electron chi connectivity index (χ1n) is 10.5. The van der Waals surface area contributed by atoms with Crippen LogP contribution in [-0.4, -0.2) is 62.9 Å². The van der Waals surface area contributed by atoms with Crippen LogP contribution >= 0.6 is 0 Å². The van der Waals surface area contributed by atoms with Crippen molar-refractivity contribution >= 4 is 5.52 Å². The van der Waals surface area contributed by atoms with E-state index in [1.165, 1.54) is 0 Å². The molecule has 158 valence electrons. The molecule has 1 aliphatic rings. The number of pyridine rings is 3. The number of hydrogen-bond donors (Lipinski definition) is 0. The Morgan fingerprint density at radius 1 is 1.03 bits per heavy atom. The molecule has 0 aliphatic carbocycles. The van der Waals surface area contributed by atoms with Gasteiger partial charge in [0.2, 0.25) is 5.88 Å². The van der Waals surface area contributed by atoms with Crippen LogP contribution in [0.4, 0.5) is 0 Å². The average molecular weight is 415 g/mol. The fraction of sp³-hybridized carbons (Fsp3) is 0.292. The highest BCUT2D eigenvalue weighted by atomic mass is 16.5. The van der Waals surface area contributed by atoms with Gasteiger partial charge in [-0.2, -0.15) is 0 Å². The molecule has 0 aromatic carbocycles. The molecule has 0 N–H and O–H groups in total. The molecule has 7 heteroatoms. The van der Waals surface area contributed by atoms with Crippen molar-refractivity contribution in [2.45, 2.75) is 12.6 Å². The summed E-state index contributed by atoms with van der Waals surface area (Å²) >= 11 is 0.